The second kappa shape index (κ2) is 5.80. The summed E-state index contributed by atoms with van der Waals surface area (Å²) in [5.41, 5.74) is 7.80. The van der Waals surface area contributed by atoms with Crippen molar-refractivity contribution in [3.8, 4) is 17.3 Å². The van der Waals surface area contributed by atoms with Gasteiger partial charge in [-0.25, -0.2) is 4.98 Å². The number of thiazole rings is 1. The molecule has 19 heavy (non-hydrogen) atoms. The van der Waals surface area contributed by atoms with Crippen molar-refractivity contribution in [2.24, 2.45) is 0 Å². The zero-order valence-electron chi connectivity index (χ0n) is 10.0. The van der Waals surface area contributed by atoms with Crippen molar-refractivity contribution < 1.29 is 10.2 Å². The van der Waals surface area contributed by atoms with Crippen molar-refractivity contribution >= 4 is 16.5 Å². The summed E-state index contributed by atoms with van der Waals surface area (Å²) in [5, 5.41) is 30.3. The van der Waals surface area contributed by atoms with Gasteiger partial charge in [-0.2, -0.15) is 5.26 Å². The van der Waals surface area contributed by atoms with Crippen molar-refractivity contribution in [1.29, 1.82) is 5.26 Å². The Kier molecular flexibility index (Phi) is 4.12. The zero-order valence-corrected chi connectivity index (χ0v) is 10.8. The summed E-state index contributed by atoms with van der Waals surface area (Å²) in [6.07, 6.45) is -2.24. The molecule has 0 aliphatic rings. The van der Waals surface area contributed by atoms with Gasteiger partial charge in [0, 0.05) is 10.9 Å². The summed E-state index contributed by atoms with van der Waals surface area (Å²) >= 11 is 1.36. The molecule has 0 saturated carbocycles. The number of anilines is 1. The first kappa shape index (κ1) is 13.5. The molecular weight excluding hydrogens is 262 g/mol. The van der Waals surface area contributed by atoms with Crippen molar-refractivity contribution in [2.75, 3.05) is 5.73 Å². The molecule has 0 saturated heterocycles. The predicted molar refractivity (Wildman–Crippen MR) is 73.2 cm³/mol. The van der Waals surface area contributed by atoms with E-state index in [9.17, 15) is 10.2 Å². The number of hydrogen-bond acceptors (Lipinski definition) is 6. The second-order valence-electron chi connectivity index (χ2n) is 4.07. The van der Waals surface area contributed by atoms with Gasteiger partial charge < -0.3 is 15.9 Å². The summed E-state index contributed by atoms with van der Waals surface area (Å²) in [4.78, 5) is 4.16. The molecule has 0 amide bonds. The molecule has 2 atom stereocenters. The summed E-state index contributed by atoms with van der Waals surface area (Å²) in [6, 6.07) is 8.83. The van der Waals surface area contributed by atoms with Crippen LogP contribution >= 0.6 is 11.3 Å². The van der Waals surface area contributed by atoms with Crippen LogP contribution in [0.4, 0.5) is 5.13 Å². The van der Waals surface area contributed by atoms with E-state index in [1.807, 2.05) is 11.4 Å². The van der Waals surface area contributed by atoms with Gasteiger partial charge >= 0.3 is 0 Å². The molecular formula is C13H13N3O2S. The van der Waals surface area contributed by atoms with Crippen molar-refractivity contribution in [3.63, 3.8) is 0 Å². The van der Waals surface area contributed by atoms with E-state index in [4.69, 9.17) is 11.0 Å². The molecule has 2 rings (SSSR count). The van der Waals surface area contributed by atoms with Crippen LogP contribution in [0.1, 0.15) is 18.1 Å². The Balaban J connectivity index is 2.17. The number of nitrogens with zero attached hydrogens (tertiary/aromatic N) is 2. The predicted octanol–water partition coefficient (Wildman–Crippen LogP) is 1.70. The number of hydrogen-bond donors (Lipinski definition) is 3. The summed E-state index contributed by atoms with van der Waals surface area (Å²) in [6.45, 7) is 0. The maximum absolute atomic E-state index is 9.85. The van der Waals surface area contributed by atoms with E-state index in [0.717, 1.165) is 11.3 Å². The molecule has 0 aliphatic carbocycles. The van der Waals surface area contributed by atoms with Crippen LogP contribution in [0.15, 0.2) is 29.6 Å². The van der Waals surface area contributed by atoms with Gasteiger partial charge in [0.1, 0.15) is 6.10 Å². The van der Waals surface area contributed by atoms with E-state index in [1.165, 1.54) is 11.3 Å². The molecule has 2 aromatic rings. The molecule has 4 N–H and O–H groups in total. The van der Waals surface area contributed by atoms with E-state index in [2.05, 4.69) is 4.98 Å². The Hall–Kier alpha value is -1.94. The number of aromatic nitrogens is 1. The molecule has 2 unspecified atom stereocenters. The fourth-order valence-electron chi connectivity index (χ4n) is 1.70. The third-order valence-corrected chi connectivity index (χ3v) is 3.41. The number of rotatable bonds is 4. The summed E-state index contributed by atoms with van der Waals surface area (Å²) in [5.74, 6) is 0. The molecule has 0 spiro atoms. The average Bonchev–Trinajstić information content (AvgIpc) is 2.85. The SMILES string of the molecule is N#CCC(O)C(O)c1ccc(-c2csc(N)n2)cc1. The summed E-state index contributed by atoms with van der Waals surface area (Å²) < 4.78 is 0. The normalized spacial score (nSPS) is 13.7. The van der Waals surface area contributed by atoms with Crippen LogP contribution < -0.4 is 5.73 Å². The van der Waals surface area contributed by atoms with Crippen molar-refractivity contribution in [1.82, 2.24) is 4.98 Å². The zero-order chi connectivity index (χ0) is 13.8. The quantitative estimate of drug-likeness (QED) is 0.788. The summed E-state index contributed by atoms with van der Waals surface area (Å²) in [7, 11) is 0. The Morgan fingerprint density at radius 1 is 1.32 bits per heavy atom. The lowest BCUT2D eigenvalue weighted by Gasteiger charge is -2.15. The highest BCUT2D eigenvalue weighted by atomic mass is 32.1. The van der Waals surface area contributed by atoms with Crippen LogP contribution in [-0.4, -0.2) is 21.3 Å². The van der Waals surface area contributed by atoms with Gasteiger partial charge in [0.2, 0.25) is 0 Å². The van der Waals surface area contributed by atoms with E-state index in [1.54, 1.807) is 24.3 Å². The molecule has 0 bridgehead atoms. The highest BCUT2D eigenvalue weighted by Gasteiger charge is 2.17. The lowest BCUT2D eigenvalue weighted by atomic mass is 10.0. The smallest absolute Gasteiger partial charge is 0.180 e. The number of benzene rings is 1. The minimum atomic E-state index is -1.08. The Morgan fingerprint density at radius 3 is 2.53 bits per heavy atom. The van der Waals surface area contributed by atoms with Crippen molar-refractivity contribution in [3.05, 3.63) is 35.2 Å². The van der Waals surface area contributed by atoms with Gasteiger partial charge in [0.15, 0.2) is 5.13 Å². The van der Waals surface area contributed by atoms with Crippen LogP contribution in [0.5, 0.6) is 0 Å². The highest BCUT2D eigenvalue weighted by molar-refractivity contribution is 7.13. The molecule has 6 heteroatoms. The molecule has 0 radical (unpaired) electrons. The van der Waals surface area contributed by atoms with E-state index in [0.29, 0.717) is 10.7 Å². The fraction of sp³-hybridized carbons (Fsp3) is 0.231. The van der Waals surface area contributed by atoms with Crippen LogP contribution in [0.25, 0.3) is 11.3 Å². The molecule has 5 nitrogen and oxygen atoms in total. The average molecular weight is 275 g/mol. The van der Waals surface area contributed by atoms with Crippen LogP contribution in [0.2, 0.25) is 0 Å². The fourth-order valence-corrected chi connectivity index (χ4v) is 2.27. The lowest BCUT2D eigenvalue weighted by Crippen LogP contribution is -2.17. The molecule has 1 heterocycles. The maximum Gasteiger partial charge on any atom is 0.180 e. The second-order valence-corrected chi connectivity index (χ2v) is 4.96. The standard InChI is InChI=1S/C13H13N3O2S/c14-6-5-11(17)12(18)9-3-1-8(2-4-9)10-7-19-13(15)16-10/h1-4,7,11-12,17-18H,5H2,(H2,15,16). The first-order valence-corrected chi connectivity index (χ1v) is 6.54. The molecule has 0 aliphatic heterocycles. The molecule has 0 fully saturated rings. The minimum absolute atomic E-state index is 0.106. The van der Waals surface area contributed by atoms with E-state index >= 15 is 0 Å². The van der Waals surface area contributed by atoms with Gasteiger partial charge in [-0.05, 0) is 5.56 Å². The molecule has 1 aromatic carbocycles. The highest BCUT2D eigenvalue weighted by Crippen LogP contribution is 2.26. The Morgan fingerprint density at radius 2 is 2.00 bits per heavy atom. The number of aliphatic hydroxyl groups is 2. The minimum Gasteiger partial charge on any atom is -0.389 e. The largest absolute Gasteiger partial charge is 0.389 e. The van der Waals surface area contributed by atoms with E-state index in [-0.39, 0.29) is 6.42 Å². The monoisotopic (exact) mass is 275 g/mol. The first-order chi connectivity index (χ1) is 9.11. The molecule has 1 aromatic heterocycles. The number of nitriles is 1. The van der Waals surface area contributed by atoms with Crippen LogP contribution in [0, 0.1) is 11.3 Å². The number of nitrogen functional groups attached to an aromatic ring is 1. The van der Waals surface area contributed by atoms with Crippen molar-refractivity contribution in [2.45, 2.75) is 18.6 Å². The van der Waals surface area contributed by atoms with Gasteiger partial charge in [-0.1, -0.05) is 24.3 Å². The topological polar surface area (TPSA) is 103 Å². The maximum atomic E-state index is 9.85. The lowest BCUT2D eigenvalue weighted by molar-refractivity contribution is 0.0216. The number of nitrogens with two attached hydrogens (primary N) is 1. The number of aliphatic hydroxyl groups excluding tert-OH is 2. The van der Waals surface area contributed by atoms with E-state index < -0.39 is 12.2 Å². The van der Waals surface area contributed by atoms with Gasteiger partial charge in [0.05, 0.1) is 24.3 Å². The van der Waals surface area contributed by atoms with Crippen LogP contribution in [-0.2, 0) is 0 Å². The Bertz CT molecular complexity index is 589. The molecule has 98 valence electrons. The third-order valence-electron chi connectivity index (χ3n) is 2.73. The Labute approximate surface area is 114 Å². The third kappa shape index (κ3) is 3.09. The first-order valence-electron chi connectivity index (χ1n) is 5.66. The van der Waals surface area contributed by atoms with Gasteiger partial charge in [-0.3, -0.25) is 0 Å². The van der Waals surface area contributed by atoms with Crippen LogP contribution in [0.3, 0.4) is 0 Å². The van der Waals surface area contributed by atoms with Gasteiger partial charge in [-0.15, -0.1) is 11.3 Å². The van der Waals surface area contributed by atoms with Gasteiger partial charge in [0.25, 0.3) is 0 Å².